The Hall–Kier alpha value is -1.40. The number of carbonyl (C=O) groups is 1. The van der Waals surface area contributed by atoms with E-state index in [1.54, 1.807) is 6.20 Å². The molecule has 0 atom stereocenters. The molecule has 0 aliphatic rings. The van der Waals surface area contributed by atoms with Crippen molar-refractivity contribution in [3.63, 3.8) is 0 Å². The predicted molar refractivity (Wildman–Crippen MR) is 86.4 cm³/mol. The number of rotatable bonds is 6. The van der Waals surface area contributed by atoms with Gasteiger partial charge in [0.15, 0.2) is 0 Å². The van der Waals surface area contributed by atoms with Gasteiger partial charge in [0.1, 0.15) is 12.4 Å². The monoisotopic (exact) mass is 413 g/mol. The summed E-state index contributed by atoms with van der Waals surface area (Å²) < 4.78 is 7.33. The van der Waals surface area contributed by atoms with Crippen LogP contribution in [0.4, 0.5) is 0 Å². The molecule has 1 N–H and O–H groups in total. The maximum Gasteiger partial charge on any atom is 0.303 e. The van der Waals surface area contributed by atoms with Crippen LogP contribution in [0.3, 0.4) is 0 Å². The van der Waals surface area contributed by atoms with Gasteiger partial charge in [0.25, 0.3) is 0 Å². The molecule has 0 unspecified atom stereocenters. The van der Waals surface area contributed by atoms with Crippen molar-refractivity contribution in [2.75, 3.05) is 0 Å². The molecule has 1 heterocycles. The van der Waals surface area contributed by atoms with Crippen LogP contribution in [0.1, 0.15) is 17.7 Å². The van der Waals surface area contributed by atoms with Crippen LogP contribution >= 0.6 is 31.9 Å². The van der Waals surface area contributed by atoms with Crippen molar-refractivity contribution in [1.82, 2.24) is 4.98 Å². The highest BCUT2D eigenvalue weighted by Gasteiger charge is 2.10. The average molecular weight is 415 g/mol. The second-order valence-corrected chi connectivity index (χ2v) is 6.10. The Balaban J connectivity index is 2.08. The first-order valence-corrected chi connectivity index (χ1v) is 7.87. The molecule has 2 aromatic rings. The van der Waals surface area contributed by atoms with Crippen molar-refractivity contribution in [2.24, 2.45) is 0 Å². The van der Waals surface area contributed by atoms with Gasteiger partial charge in [-0.25, -0.2) is 0 Å². The fraction of sp³-hybridized carbons (Fsp3) is 0.200. The summed E-state index contributed by atoms with van der Waals surface area (Å²) in [4.78, 5) is 14.8. The number of carboxylic acid groups (broad SMARTS) is 1. The third kappa shape index (κ3) is 4.82. The van der Waals surface area contributed by atoms with Gasteiger partial charge in [-0.05, 0) is 68.1 Å². The fourth-order valence-corrected chi connectivity index (χ4v) is 3.29. The number of aliphatic carboxylic acids is 1. The molecule has 1 aromatic carbocycles. The summed E-state index contributed by atoms with van der Waals surface area (Å²) >= 11 is 6.91. The van der Waals surface area contributed by atoms with Gasteiger partial charge in [-0.2, -0.15) is 0 Å². The van der Waals surface area contributed by atoms with Crippen LogP contribution in [0, 0.1) is 0 Å². The molecule has 21 heavy (non-hydrogen) atoms. The maximum atomic E-state index is 10.6. The lowest BCUT2D eigenvalue weighted by molar-refractivity contribution is -0.136. The van der Waals surface area contributed by atoms with Crippen LogP contribution in [0.5, 0.6) is 5.75 Å². The molecule has 0 radical (unpaired) electrons. The number of ether oxygens (including phenoxy) is 1. The molecule has 0 bridgehead atoms. The van der Waals surface area contributed by atoms with Gasteiger partial charge in [-0.3, -0.25) is 9.78 Å². The summed E-state index contributed by atoms with van der Waals surface area (Å²) in [5, 5.41) is 8.72. The number of pyridine rings is 1. The average Bonchev–Trinajstić information content (AvgIpc) is 2.45. The highest BCUT2D eigenvalue weighted by Crippen LogP contribution is 2.35. The molecule has 6 heteroatoms. The summed E-state index contributed by atoms with van der Waals surface area (Å²) in [6.07, 6.45) is 2.30. The Morgan fingerprint density at radius 1 is 1.24 bits per heavy atom. The van der Waals surface area contributed by atoms with Crippen molar-refractivity contribution in [1.29, 1.82) is 0 Å². The molecule has 2 rings (SSSR count). The maximum absolute atomic E-state index is 10.6. The summed E-state index contributed by atoms with van der Waals surface area (Å²) in [5.74, 6) is -0.127. The summed E-state index contributed by atoms with van der Waals surface area (Å²) in [6, 6.07) is 9.41. The minimum Gasteiger partial charge on any atom is -0.485 e. The number of benzene rings is 1. The normalized spacial score (nSPS) is 10.4. The number of nitrogens with zero attached hydrogens (tertiary/aromatic N) is 1. The summed E-state index contributed by atoms with van der Waals surface area (Å²) in [6.45, 7) is 0.368. The molecular weight excluding hydrogens is 402 g/mol. The fourth-order valence-electron chi connectivity index (χ4n) is 1.78. The topological polar surface area (TPSA) is 59.4 Å². The first-order valence-electron chi connectivity index (χ1n) is 6.28. The molecule has 0 saturated carbocycles. The number of hydrogen-bond donors (Lipinski definition) is 1. The van der Waals surface area contributed by atoms with Gasteiger partial charge in [-0.1, -0.05) is 6.07 Å². The molecule has 1 aromatic heterocycles. The lowest BCUT2D eigenvalue weighted by atomic mass is 10.1. The van der Waals surface area contributed by atoms with Gasteiger partial charge < -0.3 is 9.84 Å². The summed E-state index contributed by atoms with van der Waals surface area (Å²) in [7, 11) is 0. The van der Waals surface area contributed by atoms with Crippen LogP contribution in [0.2, 0.25) is 0 Å². The second kappa shape index (κ2) is 7.56. The van der Waals surface area contributed by atoms with Gasteiger partial charge in [-0.15, -0.1) is 0 Å². The highest BCUT2D eigenvalue weighted by molar-refractivity contribution is 9.11. The van der Waals surface area contributed by atoms with Crippen molar-refractivity contribution in [2.45, 2.75) is 19.4 Å². The molecule has 0 aliphatic carbocycles. The molecule has 0 fully saturated rings. The van der Waals surface area contributed by atoms with E-state index >= 15 is 0 Å². The molecule has 110 valence electrons. The standard InChI is InChI=1S/C15H13Br2NO3/c16-12-7-10(4-5-14(19)20)8-13(17)15(12)21-9-11-3-1-2-6-18-11/h1-3,6-8H,4-5,9H2,(H,19,20). The molecule has 0 amide bonds. The van der Waals surface area contributed by atoms with Crippen LogP contribution in [-0.4, -0.2) is 16.1 Å². The lowest BCUT2D eigenvalue weighted by Crippen LogP contribution is -2.01. The van der Waals surface area contributed by atoms with E-state index in [0.29, 0.717) is 18.8 Å². The van der Waals surface area contributed by atoms with E-state index in [9.17, 15) is 4.79 Å². The van der Waals surface area contributed by atoms with Gasteiger partial charge in [0.05, 0.1) is 14.6 Å². The first-order chi connectivity index (χ1) is 10.1. The van der Waals surface area contributed by atoms with E-state index < -0.39 is 5.97 Å². The van der Waals surface area contributed by atoms with E-state index in [-0.39, 0.29) is 6.42 Å². The molecule has 4 nitrogen and oxygen atoms in total. The van der Waals surface area contributed by atoms with E-state index in [1.165, 1.54) is 0 Å². The quantitative estimate of drug-likeness (QED) is 0.769. The van der Waals surface area contributed by atoms with Crippen molar-refractivity contribution < 1.29 is 14.6 Å². The van der Waals surface area contributed by atoms with Crippen LogP contribution in [0.25, 0.3) is 0 Å². The number of aromatic nitrogens is 1. The first kappa shape index (κ1) is 16.0. The third-order valence-electron chi connectivity index (χ3n) is 2.78. The van der Waals surface area contributed by atoms with Crippen molar-refractivity contribution >= 4 is 37.8 Å². The van der Waals surface area contributed by atoms with Gasteiger partial charge in [0.2, 0.25) is 0 Å². The smallest absolute Gasteiger partial charge is 0.303 e. The van der Waals surface area contributed by atoms with E-state index in [2.05, 4.69) is 36.8 Å². The Morgan fingerprint density at radius 3 is 2.52 bits per heavy atom. The SMILES string of the molecule is O=C(O)CCc1cc(Br)c(OCc2ccccn2)c(Br)c1. The zero-order valence-electron chi connectivity index (χ0n) is 11.1. The van der Waals surface area contributed by atoms with Gasteiger partial charge in [0, 0.05) is 12.6 Å². The largest absolute Gasteiger partial charge is 0.485 e. The highest BCUT2D eigenvalue weighted by atomic mass is 79.9. The zero-order valence-corrected chi connectivity index (χ0v) is 14.2. The Bertz CT molecular complexity index is 609. The Labute approximate surface area is 139 Å². The van der Waals surface area contributed by atoms with Crippen LogP contribution in [0.15, 0.2) is 45.5 Å². The Morgan fingerprint density at radius 2 is 1.95 bits per heavy atom. The van der Waals surface area contributed by atoms with Crippen molar-refractivity contribution in [3.8, 4) is 5.75 Å². The molecule has 0 aliphatic heterocycles. The number of carboxylic acids is 1. The van der Waals surface area contributed by atoms with E-state index in [0.717, 1.165) is 20.2 Å². The van der Waals surface area contributed by atoms with Crippen molar-refractivity contribution in [3.05, 3.63) is 56.7 Å². The lowest BCUT2D eigenvalue weighted by Gasteiger charge is -2.12. The van der Waals surface area contributed by atoms with Gasteiger partial charge >= 0.3 is 5.97 Å². The second-order valence-electron chi connectivity index (χ2n) is 4.39. The van der Waals surface area contributed by atoms with E-state index in [1.807, 2.05) is 30.3 Å². The molecule has 0 saturated heterocycles. The van der Waals surface area contributed by atoms with E-state index in [4.69, 9.17) is 9.84 Å². The van der Waals surface area contributed by atoms with Crippen LogP contribution < -0.4 is 4.74 Å². The number of hydrogen-bond acceptors (Lipinski definition) is 3. The zero-order chi connectivity index (χ0) is 15.2. The van der Waals surface area contributed by atoms with Crippen LogP contribution in [-0.2, 0) is 17.8 Å². The minimum absolute atomic E-state index is 0.104. The number of halogens is 2. The Kier molecular flexibility index (Phi) is 5.76. The predicted octanol–water partition coefficient (Wildman–Crippen LogP) is 4.20. The third-order valence-corrected chi connectivity index (χ3v) is 3.95. The molecular formula is C15H13Br2NO3. The molecule has 0 spiro atoms. The summed E-state index contributed by atoms with van der Waals surface area (Å²) in [5.41, 5.74) is 1.77. The minimum atomic E-state index is -0.808. The number of aryl methyl sites for hydroxylation is 1.